The molecular weight excluding hydrogens is 749 g/mol. The smallest absolute Gasteiger partial charge is 0.0522 e. The summed E-state index contributed by atoms with van der Waals surface area (Å²) in [6, 6.07) is 66.5. The van der Waals surface area contributed by atoms with Gasteiger partial charge in [-0.15, -0.1) is 0 Å². The van der Waals surface area contributed by atoms with E-state index in [1.807, 2.05) is 0 Å². The number of aryl methyl sites for hydroxylation is 6. The van der Waals surface area contributed by atoms with Gasteiger partial charge in [0, 0.05) is 22.7 Å². The zero-order valence-corrected chi connectivity index (χ0v) is 36.9. The standard InChI is InChI=1S/C60H56N2/c1-7-51-13-9-11-45(5)59(51)61(55-35-27-49(28-36-55)25-23-47-19-15-43(3)16-20-47)57-39-31-53(32-40-57)54-33-41-58(42-34-54)62(60-46(6)12-10-14-52(60)8-2)56-37-29-50(30-38-56)26-24-48-21-17-44(4)18-22-48/h9-42H,7-8H2,1-6H3/b25-23+,26-24+. The molecule has 0 aliphatic rings. The highest BCUT2D eigenvalue weighted by atomic mass is 15.2. The third kappa shape index (κ3) is 9.41. The maximum atomic E-state index is 2.42. The predicted octanol–water partition coefficient (Wildman–Crippen LogP) is 17.0. The van der Waals surface area contributed by atoms with Crippen molar-refractivity contribution in [2.24, 2.45) is 0 Å². The van der Waals surface area contributed by atoms with Gasteiger partial charge in [-0.2, -0.15) is 0 Å². The monoisotopic (exact) mass is 804 g/mol. The van der Waals surface area contributed by atoms with E-state index in [0.717, 1.165) is 35.6 Å². The first-order chi connectivity index (χ1) is 30.3. The minimum absolute atomic E-state index is 0.948. The molecule has 0 amide bonds. The van der Waals surface area contributed by atoms with Crippen molar-refractivity contribution < 1.29 is 0 Å². The van der Waals surface area contributed by atoms with Crippen LogP contribution in [0.3, 0.4) is 0 Å². The lowest BCUT2D eigenvalue weighted by Gasteiger charge is -2.30. The molecule has 0 spiro atoms. The number of para-hydroxylation sites is 2. The second kappa shape index (κ2) is 19.0. The molecule has 0 N–H and O–H groups in total. The number of hydrogen-bond acceptors (Lipinski definition) is 2. The Hall–Kier alpha value is -7.16. The van der Waals surface area contributed by atoms with E-state index in [4.69, 9.17) is 0 Å². The Balaban J connectivity index is 1.09. The largest absolute Gasteiger partial charge is 0.310 e. The molecular formula is C60H56N2. The molecule has 2 heteroatoms. The molecule has 0 aliphatic carbocycles. The van der Waals surface area contributed by atoms with E-state index < -0.39 is 0 Å². The van der Waals surface area contributed by atoms with E-state index in [2.05, 4.69) is 258 Å². The Morgan fingerprint density at radius 1 is 0.323 bits per heavy atom. The van der Waals surface area contributed by atoms with Crippen molar-refractivity contribution in [3.05, 3.63) is 238 Å². The van der Waals surface area contributed by atoms with Crippen molar-refractivity contribution in [3.63, 3.8) is 0 Å². The predicted molar refractivity (Wildman–Crippen MR) is 270 cm³/mol. The van der Waals surface area contributed by atoms with E-state index in [-0.39, 0.29) is 0 Å². The van der Waals surface area contributed by atoms with Gasteiger partial charge in [-0.25, -0.2) is 0 Å². The van der Waals surface area contributed by atoms with Crippen LogP contribution in [0.25, 0.3) is 35.4 Å². The summed E-state index contributed by atoms with van der Waals surface area (Å²) in [7, 11) is 0. The third-order valence-corrected chi connectivity index (χ3v) is 11.8. The molecule has 0 aliphatic heterocycles. The molecule has 0 fully saturated rings. The molecule has 8 rings (SSSR count). The molecule has 0 saturated carbocycles. The third-order valence-electron chi connectivity index (χ3n) is 11.8. The molecule has 0 aromatic heterocycles. The normalized spacial score (nSPS) is 11.4. The molecule has 0 heterocycles. The summed E-state index contributed by atoms with van der Waals surface area (Å²) < 4.78 is 0. The van der Waals surface area contributed by atoms with Crippen LogP contribution in [0.4, 0.5) is 34.1 Å². The van der Waals surface area contributed by atoms with E-state index in [9.17, 15) is 0 Å². The van der Waals surface area contributed by atoms with Crippen LogP contribution in [0.5, 0.6) is 0 Å². The first kappa shape index (κ1) is 41.6. The summed E-state index contributed by atoms with van der Waals surface area (Å²) >= 11 is 0. The Labute approximate surface area is 369 Å². The van der Waals surface area contributed by atoms with Crippen LogP contribution in [-0.4, -0.2) is 0 Å². The summed E-state index contributed by atoms with van der Waals surface area (Å²) in [5.74, 6) is 0. The molecule has 0 atom stereocenters. The van der Waals surface area contributed by atoms with Gasteiger partial charge in [-0.05, 0) is 145 Å². The van der Waals surface area contributed by atoms with Crippen molar-refractivity contribution >= 4 is 58.4 Å². The molecule has 0 bridgehead atoms. The zero-order valence-electron chi connectivity index (χ0n) is 36.9. The quantitative estimate of drug-likeness (QED) is 0.107. The lowest BCUT2D eigenvalue weighted by atomic mass is 10.00. The van der Waals surface area contributed by atoms with Gasteiger partial charge in [0.2, 0.25) is 0 Å². The molecule has 8 aromatic rings. The number of hydrogen-bond donors (Lipinski definition) is 0. The number of anilines is 6. The average Bonchev–Trinajstić information content (AvgIpc) is 3.31. The molecule has 0 unspecified atom stereocenters. The maximum absolute atomic E-state index is 2.42. The molecule has 62 heavy (non-hydrogen) atoms. The van der Waals surface area contributed by atoms with Crippen LogP contribution in [0, 0.1) is 27.7 Å². The summed E-state index contributed by atoms with van der Waals surface area (Å²) in [4.78, 5) is 4.84. The second-order valence-corrected chi connectivity index (χ2v) is 16.3. The second-order valence-electron chi connectivity index (χ2n) is 16.3. The summed E-state index contributed by atoms with van der Waals surface area (Å²) in [5, 5.41) is 0. The Bertz CT molecular complexity index is 2590. The summed E-state index contributed by atoms with van der Waals surface area (Å²) in [5.41, 5.74) is 21.8. The van der Waals surface area contributed by atoms with Gasteiger partial charge < -0.3 is 9.80 Å². The highest BCUT2D eigenvalue weighted by molar-refractivity contribution is 5.85. The Morgan fingerprint density at radius 3 is 0.887 bits per heavy atom. The number of benzene rings is 8. The minimum Gasteiger partial charge on any atom is -0.310 e. The van der Waals surface area contributed by atoms with Gasteiger partial charge in [0.1, 0.15) is 0 Å². The van der Waals surface area contributed by atoms with Gasteiger partial charge in [-0.1, -0.05) is 183 Å². The van der Waals surface area contributed by atoms with E-state index in [0.29, 0.717) is 0 Å². The first-order valence-electron chi connectivity index (χ1n) is 22.0. The molecule has 8 aromatic carbocycles. The maximum Gasteiger partial charge on any atom is 0.0522 e. The Morgan fingerprint density at radius 2 is 0.597 bits per heavy atom. The first-order valence-corrected chi connectivity index (χ1v) is 22.0. The molecule has 0 radical (unpaired) electrons. The fourth-order valence-electron chi connectivity index (χ4n) is 8.28. The van der Waals surface area contributed by atoms with E-state index >= 15 is 0 Å². The molecule has 2 nitrogen and oxygen atoms in total. The van der Waals surface area contributed by atoms with Crippen LogP contribution in [0.15, 0.2) is 182 Å². The number of nitrogens with zero attached hydrogens (tertiary/aromatic N) is 2. The zero-order chi connectivity index (χ0) is 43.0. The summed E-state index contributed by atoms with van der Waals surface area (Å²) in [6.07, 6.45) is 10.6. The Kier molecular flexibility index (Phi) is 12.8. The topological polar surface area (TPSA) is 6.48 Å². The number of rotatable bonds is 13. The van der Waals surface area contributed by atoms with Crippen LogP contribution >= 0.6 is 0 Å². The highest BCUT2D eigenvalue weighted by Crippen LogP contribution is 2.42. The lowest BCUT2D eigenvalue weighted by molar-refractivity contribution is 1.10. The molecule has 306 valence electrons. The van der Waals surface area contributed by atoms with Crippen molar-refractivity contribution in [2.75, 3.05) is 9.80 Å². The van der Waals surface area contributed by atoms with Crippen molar-refractivity contribution in [2.45, 2.75) is 54.4 Å². The van der Waals surface area contributed by atoms with Crippen molar-refractivity contribution in [1.82, 2.24) is 0 Å². The van der Waals surface area contributed by atoms with Crippen molar-refractivity contribution in [1.29, 1.82) is 0 Å². The van der Waals surface area contributed by atoms with E-state index in [1.165, 1.54) is 78.1 Å². The average molecular weight is 805 g/mol. The van der Waals surface area contributed by atoms with Crippen LogP contribution < -0.4 is 9.80 Å². The minimum atomic E-state index is 0.948. The summed E-state index contributed by atoms with van der Waals surface area (Å²) in [6.45, 7) is 13.2. The van der Waals surface area contributed by atoms with Crippen LogP contribution in [0.1, 0.15) is 69.5 Å². The van der Waals surface area contributed by atoms with Gasteiger partial charge in [0.15, 0.2) is 0 Å². The molecule has 0 saturated heterocycles. The van der Waals surface area contributed by atoms with Gasteiger partial charge >= 0.3 is 0 Å². The fourth-order valence-corrected chi connectivity index (χ4v) is 8.28. The van der Waals surface area contributed by atoms with Crippen LogP contribution in [-0.2, 0) is 12.8 Å². The van der Waals surface area contributed by atoms with Crippen molar-refractivity contribution in [3.8, 4) is 11.1 Å². The fraction of sp³-hybridized carbons (Fsp3) is 0.133. The SMILES string of the molecule is CCc1cccc(C)c1N(c1ccc(/C=C/c2ccc(C)cc2)cc1)c1ccc(-c2ccc(N(c3ccc(/C=C/c4ccc(C)cc4)cc3)c3c(C)cccc3CC)cc2)cc1. The lowest BCUT2D eigenvalue weighted by Crippen LogP contribution is -2.13. The van der Waals surface area contributed by atoms with E-state index in [1.54, 1.807) is 0 Å². The highest BCUT2D eigenvalue weighted by Gasteiger charge is 2.20. The van der Waals surface area contributed by atoms with Gasteiger partial charge in [0.05, 0.1) is 11.4 Å². The van der Waals surface area contributed by atoms with Crippen LogP contribution in [0.2, 0.25) is 0 Å². The van der Waals surface area contributed by atoms with Gasteiger partial charge in [0.25, 0.3) is 0 Å². The van der Waals surface area contributed by atoms with Gasteiger partial charge in [-0.3, -0.25) is 0 Å².